The molecule has 1 rings (SSSR count). The fourth-order valence-electron chi connectivity index (χ4n) is 1.23. The predicted molar refractivity (Wildman–Crippen MR) is 51.8 cm³/mol. The van der Waals surface area contributed by atoms with E-state index in [1.165, 1.54) is 12.1 Å². The lowest BCUT2D eigenvalue weighted by molar-refractivity contribution is 0.453. The van der Waals surface area contributed by atoms with Gasteiger partial charge in [0.2, 0.25) is 0 Å². The van der Waals surface area contributed by atoms with E-state index >= 15 is 0 Å². The molecule has 1 aromatic carbocycles. The summed E-state index contributed by atoms with van der Waals surface area (Å²) in [6.45, 7) is 0.666. The summed E-state index contributed by atoms with van der Waals surface area (Å²) < 4.78 is 0. The Bertz CT molecular complexity index is 274. The van der Waals surface area contributed by atoms with Crippen LogP contribution in [0.4, 0.5) is 0 Å². The number of phenols is 2. The van der Waals surface area contributed by atoms with Crippen LogP contribution in [0.15, 0.2) is 18.2 Å². The molecule has 0 unspecified atom stereocenters. The Morgan fingerprint density at radius 2 is 1.92 bits per heavy atom. The molecule has 0 aromatic heterocycles. The lowest BCUT2D eigenvalue weighted by Gasteiger charge is -2.04. The third kappa shape index (κ3) is 2.95. The van der Waals surface area contributed by atoms with E-state index in [0.29, 0.717) is 6.54 Å². The second-order valence-corrected chi connectivity index (χ2v) is 3.06. The van der Waals surface area contributed by atoms with Crippen molar-refractivity contribution in [3.63, 3.8) is 0 Å². The van der Waals surface area contributed by atoms with Crippen molar-refractivity contribution < 1.29 is 10.2 Å². The van der Waals surface area contributed by atoms with Gasteiger partial charge in [-0.3, -0.25) is 0 Å². The number of nitrogens with two attached hydrogens (primary N) is 1. The molecule has 0 aliphatic rings. The van der Waals surface area contributed by atoms with Crippen molar-refractivity contribution in [1.29, 1.82) is 0 Å². The highest BCUT2D eigenvalue weighted by Gasteiger charge is 2.01. The van der Waals surface area contributed by atoms with Crippen molar-refractivity contribution in [3.05, 3.63) is 23.8 Å². The number of unbranched alkanes of at least 4 members (excludes halogenated alkanes) is 1. The van der Waals surface area contributed by atoms with E-state index in [0.717, 1.165) is 24.8 Å². The minimum Gasteiger partial charge on any atom is -0.508 e. The van der Waals surface area contributed by atoms with Crippen molar-refractivity contribution in [1.82, 2.24) is 0 Å². The van der Waals surface area contributed by atoms with Gasteiger partial charge in [0.05, 0.1) is 0 Å². The van der Waals surface area contributed by atoms with Crippen LogP contribution in [0.2, 0.25) is 0 Å². The first-order valence-electron chi connectivity index (χ1n) is 4.45. The van der Waals surface area contributed by atoms with Crippen LogP contribution >= 0.6 is 0 Å². The van der Waals surface area contributed by atoms with Crippen LogP contribution in [0.3, 0.4) is 0 Å². The normalized spacial score (nSPS) is 10.2. The van der Waals surface area contributed by atoms with Gasteiger partial charge >= 0.3 is 0 Å². The van der Waals surface area contributed by atoms with Crippen molar-refractivity contribution in [3.8, 4) is 11.5 Å². The average molecular weight is 181 g/mol. The molecule has 3 nitrogen and oxygen atoms in total. The lowest BCUT2D eigenvalue weighted by atomic mass is 10.1. The summed E-state index contributed by atoms with van der Waals surface area (Å²) in [4.78, 5) is 0. The summed E-state index contributed by atoms with van der Waals surface area (Å²) >= 11 is 0. The fourth-order valence-corrected chi connectivity index (χ4v) is 1.23. The maximum Gasteiger partial charge on any atom is 0.119 e. The van der Waals surface area contributed by atoms with E-state index < -0.39 is 0 Å². The molecule has 4 N–H and O–H groups in total. The van der Waals surface area contributed by atoms with Gasteiger partial charge < -0.3 is 15.9 Å². The molecule has 1 aromatic rings. The van der Waals surface area contributed by atoms with Gasteiger partial charge in [-0.25, -0.2) is 0 Å². The number of hydrogen-bond acceptors (Lipinski definition) is 3. The summed E-state index contributed by atoms with van der Waals surface area (Å²) in [5.74, 6) is 0.440. The predicted octanol–water partition coefficient (Wildman–Crippen LogP) is 1.38. The molecular formula is C10H15NO2. The number of rotatable bonds is 4. The number of hydrogen-bond donors (Lipinski definition) is 3. The number of phenolic OH excluding ortho intramolecular Hbond substituents is 2. The first-order valence-corrected chi connectivity index (χ1v) is 4.45. The molecule has 0 radical (unpaired) electrons. The second kappa shape index (κ2) is 4.72. The molecule has 0 saturated heterocycles. The molecule has 72 valence electrons. The Labute approximate surface area is 77.8 Å². The smallest absolute Gasteiger partial charge is 0.119 e. The van der Waals surface area contributed by atoms with Crippen LogP contribution in [0.25, 0.3) is 0 Å². The standard InChI is InChI=1S/C10H15NO2/c11-6-2-1-3-8-7-9(12)4-5-10(8)13/h4-5,7,12-13H,1-3,6,11H2. The molecular weight excluding hydrogens is 166 g/mol. The lowest BCUT2D eigenvalue weighted by Crippen LogP contribution is -1.99. The van der Waals surface area contributed by atoms with Gasteiger partial charge in [-0.2, -0.15) is 0 Å². The summed E-state index contributed by atoms with van der Waals surface area (Å²) in [6.07, 6.45) is 2.64. The van der Waals surface area contributed by atoms with E-state index in [-0.39, 0.29) is 11.5 Å². The molecule has 0 aliphatic heterocycles. The fraction of sp³-hybridized carbons (Fsp3) is 0.400. The van der Waals surface area contributed by atoms with Crippen LogP contribution < -0.4 is 5.73 Å². The zero-order chi connectivity index (χ0) is 9.68. The molecule has 13 heavy (non-hydrogen) atoms. The summed E-state index contributed by atoms with van der Waals surface area (Å²) in [5, 5.41) is 18.6. The second-order valence-electron chi connectivity index (χ2n) is 3.06. The van der Waals surface area contributed by atoms with Crippen molar-refractivity contribution >= 4 is 0 Å². The van der Waals surface area contributed by atoms with Crippen LogP contribution in [-0.4, -0.2) is 16.8 Å². The zero-order valence-corrected chi connectivity index (χ0v) is 7.53. The maximum absolute atomic E-state index is 9.39. The van der Waals surface area contributed by atoms with E-state index in [1.54, 1.807) is 6.07 Å². The van der Waals surface area contributed by atoms with Gasteiger partial charge in [-0.15, -0.1) is 0 Å². The first-order chi connectivity index (χ1) is 6.24. The van der Waals surface area contributed by atoms with Crippen molar-refractivity contribution in [2.75, 3.05) is 6.54 Å². The van der Waals surface area contributed by atoms with E-state index in [2.05, 4.69) is 0 Å². The molecule has 0 saturated carbocycles. The topological polar surface area (TPSA) is 66.5 Å². The van der Waals surface area contributed by atoms with E-state index in [9.17, 15) is 5.11 Å². The Hall–Kier alpha value is -1.22. The molecule has 0 aliphatic carbocycles. The van der Waals surface area contributed by atoms with Crippen molar-refractivity contribution in [2.24, 2.45) is 5.73 Å². The van der Waals surface area contributed by atoms with Gasteiger partial charge in [0.25, 0.3) is 0 Å². The van der Waals surface area contributed by atoms with Crippen molar-refractivity contribution in [2.45, 2.75) is 19.3 Å². The SMILES string of the molecule is NCCCCc1cc(O)ccc1O. The van der Waals surface area contributed by atoms with Gasteiger partial charge in [0.1, 0.15) is 11.5 Å². The Balaban J connectivity index is 2.59. The van der Waals surface area contributed by atoms with Crippen LogP contribution in [-0.2, 0) is 6.42 Å². The molecule has 0 fully saturated rings. The highest BCUT2D eigenvalue weighted by molar-refractivity contribution is 5.38. The quantitative estimate of drug-likeness (QED) is 0.485. The number of aryl methyl sites for hydroxylation is 1. The third-order valence-electron chi connectivity index (χ3n) is 1.96. The van der Waals surface area contributed by atoms with Gasteiger partial charge in [-0.1, -0.05) is 0 Å². The Kier molecular flexibility index (Phi) is 3.58. The molecule has 0 amide bonds. The van der Waals surface area contributed by atoms with Gasteiger partial charge in [0, 0.05) is 0 Å². The van der Waals surface area contributed by atoms with E-state index in [4.69, 9.17) is 10.8 Å². The third-order valence-corrected chi connectivity index (χ3v) is 1.96. The maximum atomic E-state index is 9.39. The molecule has 0 atom stereocenters. The molecule has 0 bridgehead atoms. The van der Waals surface area contributed by atoms with Gasteiger partial charge in [0.15, 0.2) is 0 Å². The monoisotopic (exact) mass is 181 g/mol. The number of aromatic hydroxyl groups is 2. The van der Waals surface area contributed by atoms with Crippen LogP contribution in [0.5, 0.6) is 11.5 Å². The van der Waals surface area contributed by atoms with Gasteiger partial charge in [-0.05, 0) is 49.6 Å². The largest absolute Gasteiger partial charge is 0.508 e. The average Bonchev–Trinajstić information content (AvgIpc) is 2.11. The first kappa shape index (κ1) is 9.86. The van der Waals surface area contributed by atoms with Crippen LogP contribution in [0.1, 0.15) is 18.4 Å². The Morgan fingerprint density at radius 3 is 2.62 bits per heavy atom. The number of benzene rings is 1. The Morgan fingerprint density at radius 1 is 1.15 bits per heavy atom. The van der Waals surface area contributed by atoms with E-state index in [1.807, 2.05) is 0 Å². The minimum absolute atomic E-state index is 0.195. The highest BCUT2D eigenvalue weighted by atomic mass is 16.3. The highest BCUT2D eigenvalue weighted by Crippen LogP contribution is 2.23. The molecule has 0 heterocycles. The van der Waals surface area contributed by atoms with Crippen LogP contribution in [0, 0.1) is 0 Å². The zero-order valence-electron chi connectivity index (χ0n) is 7.53. The summed E-state index contributed by atoms with van der Waals surface area (Å²) in [7, 11) is 0. The minimum atomic E-state index is 0.195. The summed E-state index contributed by atoms with van der Waals surface area (Å²) in [5.41, 5.74) is 6.13. The molecule has 0 spiro atoms. The summed E-state index contributed by atoms with van der Waals surface area (Å²) in [6, 6.07) is 4.57. The molecule has 3 heteroatoms.